The van der Waals surface area contributed by atoms with E-state index in [4.69, 9.17) is 17.3 Å². The highest BCUT2D eigenvalue weighted by molar-refractivity contribution is 6.30. The van der Waals surface area contributed by atoms with Crippen LogP contribution < -0.4 is 16.4 Å². The molecular weight excluding hydrogens is 274 g/mol. The number of aromatic nitrogens is 2. The Bertz CT molecular complexity index is 590. The summed E-state index contributed by atoms with van der Waals surface area (Å²) < 4.78 is 0. The van der Waals surface area contributed by atoms with Gasteiger partial charge in [0.15, 0.2) is 11.6 Å². The second-order valence-electron chi connectivity index (χ2n) is 5.49. The predicted molar refractivity (Wildman–Crippen MR) is 84.6 cm³/mol. The van der Waals surface area contributed by atoms with Gasteiger partial charge in [-0.2, -0.15) is 0 Å². The molecule has 2 rings (SSSR count). The fourth-order valence-electron chi connectivity index (χ4n) is 1.62. The van der Waals surface area contributed by atoms with E-state index in [1.807, 2.05) is 32.9 Å². The molecule has 0 bridgehead atoms. The van der Waals surface area contributed by atoms with E-state index in [0.29, 0.717) is 22.3 Å². The van der Waals surface area contributed by atoms with Gasteiger partial charge in [0, 0.05) is 16.2 Å². The first kappa shape index (κ1) is 14.4. The molecule has 0 aliphatic carbocycles. The van der Waals surface area contributed by atoms with E-state index in [9.17, 15) is 0 Å². The number of nitrogens with zero attached hydrogens (tertiary/aromatic N) is 2. The average molecular weight is 292 g/mol. The summed E-state index contributed by atoms with van der Waals surface area (Å²) in [5, 5.41) is 7.08. The van der Waals surface area contributed by atoms with Gasteiger partial charge in [-0.3, -0.25) is 0 Å². The minimum Gasteiger partial charge on any atom is -0.393 e. The fraction of sp³-hybridized carbons (Fsp3) is 0.286. The van der Waals surface area contributed by atoms with Gasteiger partial charge < -0.3 is 16.4 Å². The molecule has 0 fully saturated rings. The molecule has 4 N–H and O–H groups in total. The quantitative estimate of drug-likeness (QED) is 0.804. The van der Waals surface area contributed by atoms with Gasteiger partial charge in [-0.25, -0.2) is 9.97 Å². The van der Waals surface area contributed by atoms with Crippen molar-refractivity contribution >= 4 is 34.6 Å². The normalized spacial score (nSPS) is 11.2. The Labute approximate surface area is 123 Å². The molecule has 1 heterocycles. The molecule has 106 valence electrons. The van der Waals surface area contributed by atoms with Crippen LogP contribution in [0.1, 0.15) is 20.8 Å². The van der Waals surface area contributed by atoms with Crippen molar-refractivity contribution in [2.75, 3.05) is 16.4 Å². The van der Waals surface area contributed by atoms with Crippen molar-refractivity contribution in [2.24, 2.45) is 0 Å². The van der Waals surface area contributed by atoms with Gasteiger partial charge in [0.2, 0.25) is 0 Å². The lowest BCUT2D eigenvalue weighted by molar-refractivity contribution is 0.630. The molecule has 0 aliphatic heterocycles. The lowest BCUT2D eigenvalue weighted by Gasteiger charge is -2.22. The molecule has 0 radical (unpaired) electrons. The lowest BCUT2D eigenvalue weighted by Crippen LogP contribution is -2.27. The van der Waals surface area contributed by atoms with Crippen molar-refractivity contribution in [2.45, 2.75) is 26.3 Å². The van der Waals surface area contributed by atoms with Gasteiger partial charge in [0.25, 0.3) is 0 Å². The third-order valence-electron chi connectivity index (χ3n) is 2.48. The van der Waals surface area contributed by atoms with Gasteiger partial charge in [-0.15, -0.1) is 0 Å². The summed E-state index contributed by atoms with van der Waals surface area (Å²) in [5.41, 5.74) is 7.31. The molecule has 0 spiro atoms. The van der Waals surface area contributed by atoms with E-state index in [-0.39, 0.29) is 5.54 Å². The Kier molecular flexibility index (Phi) is 3.99. The predicted octanol–water partition coefficient (Wildman–Crippen LogP) is 3.67. The number of halogens is 1. The second-order valence-corrected chi connectivity index (χ2v) is 5.93. The smallest absolute Gasteiger partial charge is 0.159 e. The van der Waals surface area contributed by atoms with E-state index in [1.165, 1.54) is 6.33 Å². The molecule has 0 amide bonds. The molecular formula is C14H18ClN5. The monoisotopic (exact) mass is 291 g/mol. The van der Waals surface area contributed by atoms with Crippen LogP contribution in [-0.4, -0.2) is 15.5 Å². The highest BCUT2D eigenvalue weighted by atomic mass is 35.5. The summed E-state index contributed by atoms with van der Waals surface area (Å²) in [6, 6.07) is 7.33. The molecule has 1 aromatic heterocycles. The maximum Gasteiger partial charge on any atom is 0.159 e. The molecule has 0 aliphatic rings. The van der Waals surface area contributed by atoms with Gasteiger partial charge in [0.1, 0.15) is 12.0 Å². The van der Waals surface area contributed by atoms with Crippen molar-refractivity contribution in [1.82, 2.24) is 9.97 Å². The fourth-order valence-corrected chi connectivity index (χ4v) is 1.75. The van der Waals surface area contributed by atoms with E-state index in [2.05, 4.69) is 20.6 Å². The number of rotatable bonds is 3. The van der Waals surface area contributed by atoms with Crippen LogP contribution in [-0.2, 0) is 0 Å². The van der Waals surface area contributed by atoms with E-state index >= 15 is 0 Å². The molecule has 0 saturated heterocycles. The Morgan fingerprint density at radius 1 is 1.05 bits per heavy atom. The standard InChI is InChI=1S/C14H18ClN5/c1-14(2,3)20-13-11(16)12(17-8-18-13)19-10-6-4-9(15)5-7-10/h4-8H,16H2,1-3H3,(H2,17,18,19,20). The van der Waals surface area contributed by atoms with Crippen LogP contribution >= 0.6 is 11.6 Å². The minimum atomic E-state index is -0.125. The zero-order valence-corrected chi connectivity index (χ0v) is 12.5. The van der Waals surface area contributed by atoms with Crippen molar-refractivity contribution in [3.05, 3.63) is 35.6 Å². The van der Waals surface area contributed by atoms with Gasteiger partial charge in [0.05, 0.1) is 0 Å². The zero-order valence-electron chi connectivity index (χ0n) is 11.7. The zero-order chi connectivity index (χ0) is 14.8. The Morgan fingerprint density at radius 3 is 2.25 bits per heavy atom. The van der Waals surface area contributed by atoms with Gasteiger partial charge >= 0.3 is 0 Å². The summed E-state index contributed by atoms with van der Waals surface area (Å²) in [5.74, 6) is 1.18. The van der Waals surface area contributed by atoms with Crippen LogP contribution in [0.4, 0.5) is 23.0 Å². The first-order valence-corrected chi connectivity index (χ1v) is 6.64. The highest BCUT2D eigenvalue weighted by Gasteiger charge is 2.15. The van der Waals surface area contributed by atoms with Gasteiger partial charge in [-0.05, 0) is 45.0 Å². The number of benzene rings is 1. The van der Waals surface area contributed by atoms with Crippen LogP contribution in [0.2, 0.25) is 5.02 Å². The maximum absolute atomic E-state index is 6.09. The SMILES string of the molecule is CC(C)(C)Nc1ncnc(Nc2ccc(Cl)cc2)c1N. The number of hydrogen-bond acceptors (Lipinski definition) is 5. The highest BCUT2D eigenvalue weighted by Crippen LogP contribution is 2.27. The Hall–Kier alpha value is -2.01. The number of hydrogen-bond donors (Lipinski definition) is 3. The molecule has 0 atom stereocenters. The van der Waals surface area contributed by atoms with Crippen LogP contribution in [0.3, 0.4) is 0 Å². The summed E-state index contributed by atoms with van der Waals surface area (Å²) in [6.45, 7) is 6.13. The average Bonchev–Trinajstić information content (AvgIpc) is 2.35. The number of nitrogens with one attached hydrogen (secondary N) is 2. The third-order valence-corrected chi connectivity index (χ3v) is 2.74. The number of nitrogen functional groups attached to an aromatic ring is 1. The van der Waals surface area contributed by atoms with Crippen LogP contribution in [0.5, 0.6) is 0 Å². The second kappa shape index (κ2) is 5.54. The van der Waals surface area contributed by atoms with Crippen LogP contribution in [0, 0.1) is 0 Å². The Morgan fingerprint density at radius 2 is 1.65 bits per heavy atom. The van der Waals surface area contributed by atoms with Gasteiger partial charge in [-0.1, -0.05) is 11.6 Å². The molecule has 5 nitrogen and oxygen atoms in total. The van der Waals surface area contributed by atoms with Crippen molar-refractivity contribution in [3.63, 3.8) is 0 Å². The lowest BCUT2D eigenvalue weighted by atomic mass is 10.1. The van der Waals surface area contributed by atoms with Crippen molar-refractivity contribution in [1.29, 1.82) is 0 Å². The molecule has 1 aromatic carbocycles. The first-order chi connectivity index (χ1) is 9.35. The Balaban J connectivity index is 2.24. The molecule has 0 saturated carbocycles. The molecule has 6 heteroatoms. The van der Waals surface area contributed by atoms with E-state index in [0.717, 1.165) is 5.69 Å². The number of nitrogens with two attached hydrogens (primary N) is 1. The van der Waals surface area contributed by atoms with E-state index < -0.39 is 0 Å². The van der Waals surface area contributed by atoms with Crippen LogP contribution in [0.25, 0.3) is 0 Å². The van der Waals surface area contributed by atoms with Crippen molar-refractivity contribution in [3.8, 4) is 0 Å². The largest absolute Gasteiger partial charge is 0.393 e. The summed E-state index contributed by atoms with van der Waals surface area (Å²) in [6.07, 6.45) is 1.47. The third kappa shape index (κ3) is 3.74. The van der Waals surface area contributed by atoms with Crippen LogP contribution in [0.15, 0.2) is 30.6 Å². The van der Waals surface area contributed by atoms with E-state index in [1.54, 1.807) is 12.1 Å². The molecule has 2 aromatic rings. The summed E-state index contributed by atoms with van der Waals surface area (Å²) in [4.78, 5) is 8.34. The van der Waals surface area contributed by atoms with Crippen molar-refractivity contribution < 1.29 is 0 Å². The maximum atomic E-state index is 6.09. The summed E-state index contributed by atoms with van der Waals surface area (Å²) >= 11 is 5.86. The molecule has 20 heavy (non-hydrogen) atoms. The topological polar surface area (TPSA) is 75.9 Å². The number of anilines is 4. The minimum absolute atomic E-state index is 0.125. The molecule has 0 unspecified atom stereocenters. The first-order valence-electron chi connectivity index (χ1n) is 6.26. The summed E-state index contributed by atoms with van der Waals surface area (Å²) in [7, 11) is 0.